The maximum atomic E-state index is 5.18. The predicted octanol–water partition coefficient (Wildman–Crippen LogP) is 0.438. The highest BCUT2D eigenvalue weighted by Crippen LogP contribution is 2.22. The van der Waals surface area contributed by atoms with Crippen LogP contribution in [0.25, 0.3) is 11.2 Å². The Morgan fingerprint density at radius 2 is 2.07 bits per heavy atom. The van der Waals surface area contributed by atoms with Gasteiger partial charge in [-0.2, -0.15) is 9.97 Å². The maximum Gasteiger partial charge on any atom is 0.246 e. The molecule has 0 spiro atoms. The summed E-state index contributed by atoms with van der Waals surface area (Å²) in [4.78, 5) is 14.6. The molecule has 0 radical (unpaired) electrons. The van der Waals surface area contributed by atoms with Gasteiger partial charge in [0, 0.05) is 21.1 Å². The van der Waals surface area contributed by atoms with E-state index < -0.39 is 0 Å². The van der Waals surface area contributed by atoms with Gasteiger partial charge >= 0.3 is 0 Å². The Hall–Kier alpha value is -1.85. The lowest BCUT2D eigenvalue weighted by atomic mass is 10.5. The van der Waals surface area contributed by atoms with E-state index in [4.69, 9.17) is 4.74 Å². The molecule has 0 bridgehead atoms. The van der Waals surface area contributed by atoms with Crippen molar-refractivity contribution in [3.8, 4) is 5.88 Å². The van der Waals surface area contributed by atoms with E-state index >= 15 is 0 Å². The first-order chi connectivity index (χ1) is 7.13. The van der Waals surface area contributed by atoms with Gasteiger partial charge < -0.3 is 14.2 Å². The van der Waals surface area contributed by atoms with Gasteiger partial charge in [0.25, 0.3) is 0 Å². The fraction of sp³-hybridized carbons (Fsp3) is 0.444. The van der Waals surface area contributed by atoms with Gasteiger partial charge in [-0.15, -0.1) is 0 Å². The zero-order valence-electron chi connectivity index (χ0n) is 9.22. The molecule has 0 saturated heterocycles. The number of hydrogen-bond donors (Lipinski definition) is 0. The van der Waals surface area contributed by atoms with Gasteiger partial charge in [-0.3, -0.25) is 0 Å². The van der Waals surface area contributed by atoms with E-state index in [0.29, 0.717) is 17.3 Å². The number of methoxy groups -OCH3 is 1. The normalized spacial score (nSPS) is 10.7. The van der Waals surface area contributed by atoms with Crippen LogP contribution in [0.5, 0.6) is 5.88 Å². The molecule has 0 amide bonds. The van der Waals surface area contributed by atoms with Crippen molar-refractivity contribution in [2.45, 2.75) is 0 Å². The van der Waals surface area contributed by atoms with Crippen LogP contribution in [0.4, 0.5) is 5.95 Å². The Kier molecular flexibility index (Phi) is 2.18. The molecular formula is C9H13N5O. The quantitative estimate of drug-likeness (QED) is 0.715. The highest BCUT2D eigenvalue weighted by molar-refractivity contribution is 5.77. The van der Waals surface area contributed by atoms with Gasteiger partial charge in [0.2, 0.25) is 11.8 Å². The Labute approximate surface area is 87.5 Å². The lowest BCUT2D eigenvalue weighted by molar-refractivity contribution is 0.402. The standard InChI is InChI=1S/C9H13N5O/c1-13(2)9-11-7-6(8(12-9)15-4)10-5-14(7)3/h5H,1-4H3. The number of anilines is 1. The summed E-state index contributed by atoms with van der Waals surface area (Å²) >= 11 is 0. The summed E-state index contributed by atoms with van der Waals surface area (Å²) in [6, 6.07) is 0. The first-order valence-electron chi connectivity index (χ1n) is 4.54. The van der Waals surface area contributed by atoms with Crippen LogP contribution in [0.2, 0.25) is 0 Å². The van der Waals surface area contributed by atoms with Crippen LogP contribution in [-0.2, 0) is 7.05 Å². The van der Waals surface area contributed by atoms with Crippen LogP contribution in [0, 0.1) is 0 Å². The maximum absolute atomic E-state index is 5.18. The Balaban J connectivity index is 2.74. The number of imidazole rings is 1. The van der Waals surface area contributed by atoms with Crippen molar-refractivity contribution in [1.29, 1.82) is 0 Å². The number of fused-ring (bicyclic) bond motifs is 1. The highest BCUT2D eigenvalue weighted by atomic mass is 16.5. The molecule has 2 aromatic heterocycles. The smallest absolute Gasteiger partial charge is 0.246 e. The molecule has 2 aromatic rings. The lowest BCUT2D eigenvalue weighted by Gasteiger charge is -2.11. The molecule has 2 heterocycles. The monoisotopic (exact) mass is 207 g/mol. The minimum atomic E-state index is 0.504. The van der Waals surface area contributed by atoms with Crippen LogP contribution >= 0.6 is 0 Å². The molecule has 0 N–H and O–H groups in total. The molecule has 0 fully saturated rings. The molecule has 0 aliphatic carbocycles. The minimum Gasteiger partial charge on any atom is -0.479 e. The molecule has 0 aromatic carbocycles. The van der Waals surface area contributed by atoms with Gasteiger partial charge in [-0.05, 0) is 0 Å². The summed E-state index contributed by atoms with van der Waals surface area (Å²) in [5, 5.41) is 0. The lowest BCUT2D eigenvalue weighted by Crippen LogP contribution is -2.13. The second-order valence-corrected chi connectivity index (χ2v) is 3.45. The molecule has 15 heavy (non-hydrogen) atoms. The van der Waals surface area contributed by atoms with Crippen molar-refractivity contribution in [3.05, 3.63) is 6.33 Å². The van der Waals surface area contributed by atoms with Gasteiger partial charge in [-0.1, -0.05) is 0 Å². The molecule has 6 nitrogen and oxygen atoms in total. The molecule has 6 heteroatoms. The van der Waals surface area contributed by atoms with Crippen LogP contribution < -0.4 is 9.64 Å². The number of rotatable bonds is 2. The van der Waals surface area contributed by atoms with Gasteiger partial charge in [0.05, 0.1) is 13.4 Å². The Bertz CT molecular complexity index is 490. The van der Waals surface area contributed by atoms with Crippen molar-refractivity contribution in [3.63, 3.8) is 0 Å². The Morgan fingerprint density at radius 3 is 2.67 bits per heavy atom. The highest BCUT2D eigenvalue weighted by Gasteiger charge is 2.12. The number of nitrogens with zero attached hydrogens (tertiary/aromatic N) is 5. The third-order valence-corrected chi connectivity index (χ3v) is 2.11. The van der Waals surface area contributed by atoms with E-state index in [9.17, 15) is 0 Å². The second-order valence-electron chi connectivity index (χ2n) is 3.45. The minimum absolute atomic E-state index is 0.504. The van der Waals surface area contributed by atoms with Gasteiger partial charge in [-0.25, -0.2) is 4.98 Å². The summed E-state index contributed by atoms with van der Waals surface area (Å²) in [5.41, 5.74) is 1.45. The summed E-state index contributed by atoms with van der Waals surface area (Å²) in [5.74, 6) is 1.12. The zero-order valence-corrected chi connectivity index (χ0v) is 9.22. The fourth-order valence-electron chi connectivity index (χ4n) is 1.31. The van der Waals surface area contributed by atoms with E-state index in [1.165, 1.54) is 0 Å². The first kappa shape index (κ1) is 9.70. The predicted molar refractivity (Wildman–Crippen MR) is 57.2 cm³/mol. The largest absolute Gasteiger partial charge is 0.479 e. The average Bonchev–Trinajstić information content (AvgIpc) is 2.59. The van der Waals surface area contributed by atoms with E-state index in [2.05, 4.69) is 15.0 Å². The zero-order chi connectivity index (χ0) is 11.0. The van der Waals surface area contributed by atoms with E-state index in [0.717, 1.165) is 5.65 Å². The molecule has 2 rings (SSSR count). The molecule has 0 aliphatic rings. The van der Waals surface area contributed by atoms with Crippen LogP contribution in [0.1, 0.15) is 0 Å². The van der Waals surface area contributed by atoms with Crippen LogP contribution in [0.15, 0.2) is 6.33 Å². The number of hydrogen-bond acceptors (Lipinski definition) is 5. The number of ether oxygens (including phenoxy) is 1. The molecular weight excluding hydrogens is 194 g/mol. The van der Waals surface area contributed by atoms with E-state index in [-0.39, 0.29) is 0 Å². The summed E-state index contributed by atoms with van der Waals surface area (Å²) in [7, 11) is 7.24. The SMILES string of the molecule is COc1nc(N(C)C)nc2c1ncn2C. The average molecular weight is 207 g/mol. The third-order valence-electron chi connectivity index (χ3n) is 2.11. The summed E-state index contributed by atoms with van der Waals surface area (Å²) in [6.45, 7) is 0. The molecule has 0 aliphatic heterocycles. The van der Waals surface area contributed by atoms with Crippen molar-refractivity contribution >= 4 is 17.1 Å². The van der Waals surface area contributed by atoms with Gasteiger partial charge in [0.1, 0.15) is 0 Å². The van der Waals surface area contributed by atoms with Gasteiger partial charge in [0.15, 0.2) is 11.2 Å². The third kappa shape index (κ3) is 1.47. The summed E-state index contributed by atoms with van der Waals surface area (Å²) in [6.07, 6.45) is 1.70. The molecule has 80 valence electrons. The molecule has 0 saturated carbocycles. The second kappa shape index (κ2) is 3.38. The van der Waals surface area contributed by atoms with Crippen molar-refractivity contribution in [1.82, 2.24) is 19.5 Å². The van der Waals surface area contributed by atoms with Crippen LogP contribution in [0.3, 0.4) is 0 Å². The molecule has 0 atom stereocenters. The number of aryl methyl sites for hydroxylation is 1. The topological polar surface area (TPSA) is 56.1 Å². The molecule has 0 unspecified atom stereocenters. The van der Waals surface area contributed by atoms with Crippen molar-refractivity contribution in [2.24, 2.45) is 7.05 Å². The van der Waals surface area contributed by atoms with Crippen molar-refractivity contribution in [2.75, 3.05) is 26.1 Å². The first-order valence-corrected chi connectivity index (χ1v) is 4.54. The van der Waals surface area contributed by atoms with Crippen molar-refractivity contribution < 1.29 is 4.74 Å². The summed E-state index contributed by atoms with van der Waals surface area (Å²) < 4.78 is 7.02. The van der Waals surface area contributed by atoms with Crippen LogP contribution in [-0.4, -0.2) is 40.7 Å². The number of aromatic nitrogens is 4. The Morgan fingerprint density at radius 1 is 1.33 bits per heavy atom. The van der Waals surface area contributed by atoms with E-state index in [1.807, 2.05) is 30.6 Å². The fourth-order valence-corrected chi connectivity index (χ4v) is 1.31. The van der Waals surface area contributed by atoms with E-state index in [1.54, 1.807) is 13.4 Å².